The first kappa shape index (κ1) is 32.1. The summed E-state index contributed by atoms with van der Waals surface area (Å²) in [5, 5.41) is 22.7. The van der Waals surface area contributed by atoms with E-state index >= 15 is 0 Å². The molecule has 46 heavy (non-hydrogen) atoms. The van der Waals surface area contributed by atoms with Crippen LogP contribution in [0.5, 0.6) is 0 Å². The summed E-state index contributed by atoms with van der Waals surface area (Å²) in [6, 6.07) is 0. The minimum Gasteiger partial charge on any atom is -0.504 e. The number of ketones is 1. The van der Waals surface area contributed by atoms with Gasteiger partial charge in [0.15, 0.2) is 5.76 Å². The lowest BCUT2D eigenvalue weighted by Gasteiger charge is -2.54. The molecule has 3 heterocycles. The number of amides is 2. The topological polar surface area (TPSA) is 163 Å². The number of hydrogen-bond acceptors (Lipinski definition) is 12. The number of rotatable bonds is 7. The van der Waals surface area contributed by atoms with E-state index in [9.17, 15) is 34.2 Å². The van der Waals surface area contributed by atoms with Crippen LogP contribution in [-0.2, 0) is 38.2 Å². The fourth-order valence-corrected chi connectivity index (χ4v) is 8.46. The molecule has 13 heteroatoms. The number of esters is 2. The second-order valence-corrected chi connectivity index (χ2v) is 13.5. The van der Waals surface area contributed by atoms with E-state index < -0.39 is 52.6 Å². The van der Waals surface area contributed by atoms with Gasteiger partial charge in [0.25, 0.3) is 11.8 Å². The Hall–Kier alpha value is -3.81. The first-order valence-electron chi connectivity index (χ1n) is 15.8. The Morgan fingerprint density at radius 1 is 1.07 bits per heavy atom. The number of methoxy groups -OCH3 is 1. The van der Waals surface area contributed by atoms with Crippen LogP contribution < -0.4 is 0 Å². The number of fused-ring (bicyclic) bond motifs is 4. The third-order valence-electron chi connectivity index (χ3n) is 10.9. The molecular formula is C33H41N3O10. The zero-order valence-corrected chi connectivity index (χ0v) is 26.6. The van der Waals surface area contributed by atoms with E-state index in [1.807, 2.05) is 11.8 Å². The Morgan fingerprint density at radius 3 is 2.37 bits per heavy atom. The molecule has 0 aromatic rings. The highest BCUT2D eigenvalue weighted by Crippen LogP contribution is 2.63. The highest BCUT2D eigenvalue weighted by Gasteiger charge is 2.64. The molecule has 3 aliphatic carbocycles. The fourth-order valence-electron chi connectivity index (χ4n) is 8.46. The summed E-state index contributed by atoms with van der Waals surface area (Å²) in [5.74, 6) is -3.48. The van der Waals surface area contributed by atoms with Gasteiger partial charge in [0, 0.05) is 88.2 Å². The molecule has 1 saturated carbocycles. The van der Waals surface area contributed by atoms with E-state index in [0.717, 1.165) is 0 Å². The van der Waals surface area contributed by atoms with Gasteiger partial charge in [-0.1, -0.05) is 6.92 Å². The first-order valence-corrected chi connectivity index (χ1v) is 15.8. The number of aliphatic hydroxyl groups is 2. The molecule has 0 spiro atoms. The largest absolute Gasteiger partial charge is 0.504 e. The van der Waals surface area contributed by atoms with Gasteiger partial charge in [0.1, 0.15) is 12.2 Å². The molecule has 6 atom stereocenters. The highest BCUT2D eigenvalue weighted by molar-refractivity contribution is 6.13. The first-order chi connectivity index (χ1) is 21.8. The number of allylic oxidation sites excluding steroid dienone is 1. The molecule has 6 aliphatic rings. The van der Waals surface area contributed by atoms with E-state index in [2.05, 4.69) is 4.90 Å². The van der Waals surface area contributed by atoms with Crippen molar-refractivity contribution in [2.45, 2.75) is 58.3 Å². The maximum Gasteiger partial charge on any atom is 0.340 e. The van der Waals surface area contributed by atoms with Gasteiger partial charge >= 0.3 is 11.9 Å². The molecule has 0 aromatic carbocycles. The van der Waals surface area contributed by atoms with Crippen LogP contribution in [0.25, 0.3) is 0 Å². The average Bonchev–Trinajstić information content (AvgIpc) is 3.48. The second-order valence-electron chi connectivity index (χ2n) is 13.5. The van der Waals surface area contributed by atoms with Crippen LogP contribution >= 0.6 is 0 Å². The molecular weight excluding hydrogens is 598 g/mol. The van der Waals surface area contributed by atoms with Crippen molar-refractivity contribution in [1.29, 1.82) is 0 Å². The van der Waals surface area contributed by atoms with Crippen LogP contribution in [-0.4, -0.2) is 126 Å². The Kier molecular flexibility index (Phi) is 8.22. The van der Waals surface area contributed by atoms with Crippen LogP contribution in [0.4, 0.5) is 0 Å². The Balaban J connectivity index is 1.34. The Labute approximate surface area is 267 Å². The average molecular weight is 640 g/mol. The van der Waals surface area contributed by atoms with Gasteiger partial charge in [-0.3, -0.25) is 29.0 Å². The van der Waals surface area contributed by atoms with E-state index in [-0.39, 0.29) is 48.5 Å². The number of aliphatic hydroxyl groups excluding tert-OH is 2. The Bertz CT molecular complexity index is 1490. The molecule has 0 unspecified atom stereocenters. The van der Waals surface area contributed by atoms with Gasteiger partial charge in [0.2, 0.25) is 5.78 Å². The normalized spacial score (nSPS) is 35.5. The van der Waals surface area contributed by atoms with Gasteiger partial charge in [-0.15, -0.1) is 0 Å². The number of imide groups is 1. The molecule has 3 aliphatic heterocycles. The zero-order chi connectivity index (χ0) is 33.1. The Morgan fingerprint density at radius 2 is 1.74 bits per heavy atom. The molecule has 13 nitrogen and oxygen atoms in total. The lowest BCUT2D eigenvalue weighted by molar-refractivity contribution is -0.161. The fraction of sp³-hybridized carbons (Fsp3) is 0.606. The van der Waals surface area contributed by atoms with Crippen LogP contribution in [0.2, 0.25) is 0 Å². The lowest BCUT2D eigenvalue weighted by atomic mass is 9.53. The van der Waals surface area contributed by atoms with Crippen LogP contribution in [0, 0.1) is 16.7 Å². The van der Waals surface area contributed by atoms with Gasteiger partial charge in [-0.05, 0) is 37.7 Å². The van der Waals surface area contributed by atoms with Crippen molar-refractivity contribution in [3.63, 3.8) is 0 Å². The van der Waals surface area contributed by atoms with Crippen molar-refractivity contribution >= 4 is 29.5 Å². The predicted octanol–water partition coefficient (Wildman–Crippen LogP) is 0.795. The smallest absolute Gasteiger partial charge is 0.340 e. The summed E-state index contributed by atoms with van der Waals surface area (Å²) >= 11 is 0. The summed E-state index contributed by atoms with van der Waals surface area (Å²) in [5.41, 5.74) is -1.06. The van der Waals surface area contributed by atoms with Crippen molar-refractivity contribution < 1.29 is 48.4 Å². The van der Waals surface area contributed by atoms with E-state index in [1.54, 1.807) is 13.1 Å². The molecule has 0 bridgehead atoms. The van der Waals surface area contributed by atoms with Crippen molar-refractivity contribution in [3.05, 3.63) is 46.4 Å². The minimum atomic E-state index is -1.28. The lowest BCUT2D eigenvalue weighted by Crippen LogP contribution is -2.57. The van der Waals surface area contributed by atoms with Crippen molar-refractivity contribution in [1.82, 2.24) is 14.7 Å². The second kappa shape index (κ2) is 11.8. The summed E-state index contributed by atoms with van der Waals surface area (Å²) in [4.78, 5) is 69.3. The highest BCUT2D eigenvalue weighted by atomic mass is 16.6. The summed E-state index contributed by atoms with van der Waals surface area (Å²) in [6.45, 7) is 7.89. The SMILES string of the molecule is COC[C@H]1OC(=O)C(=CN2CCN(CCN3C(=O)C=CC3=O)CC2)C2=C(O)C(=O)C3=C([C@H](OC(C)=O)C[C@]4(C)[C@@H](O)CC[C@@H]34)[C@]21C. The number of Topliss-reactive ketones (excluding diaryl/α,β-unsaturated/α-hetero) is 1. The third-order valence-corrected chi connectivity index (χ3v) is 10.9. The maximum absolute atomic E-state index is 14.2. The van der Waals surface area contributed by atoms with Gasteiger partial charge < -0.3 is 29.3 Å². The molecule has 248 valence electrons. The standard InChI is InChI=1S/C33H41N3O10/c1-18(37)45-21-15-32(2)20(5-6-22(32)38)26-28(21)33(3)23(17-44-4)46-31(43)19(27(33)30(42)29(26)41)16-35-11-9-34(10-12-35)13-14-36-24(39)7-8-25(36)40/h7-8,16,20-23,38,42H,5-6,9-15,17H2,1-4H3/t20-,21+,22-,23+,32-,33-/m0/s1. The number of piperazine rings is 1. The predicted molar refractivity (Wildman–Crippen MR) is 161 cm³/mol. The van der Waals surface area contributed by atoms with Gasteiger partial charge in [0.05, 0.1) is 23.7 Å². The molecule has 3 fully saturated rings. The molecule has 0 radical (unpaired) electrons. The van der Waals surface area contributed by atoms with Crippen LogP contribution in [0.1, 0.15) is 40.0 Å². The zero-order valence-electron chi connectivity index (χ0n) is 26.6. The minimum absolute atomic E-state index is 0.0369. The number of cyclic esters (lactones) is 1. The molecule has 6 rings (SSSR count). The third kappa shape index (κ3) is 4.99. The number of carbonyl (C=O) groups is 5. The van der Waals surface area contributed by atoms with E-state index in [1.165, 1.54) is 31.1 Å². The maximum atomic E-state index is 14.2. The molecule has 0 aromatic heterocycles. The summed E-state index contributed by atoms with van der Waals surface area (Å²) in [7, 11) is 1.47. The monoisotopic (exact) mass is 639 g/mol. The van der Waals surface area contributed by atoms with Gasteiger partial charge in [-0.2, -0.15) is 0 Å². The molecule has 2 amide bonds. The summed E-state index contributed by atoms with van der Waals surface area (Å²) in [6.07, 6.45) is 2.84. The quantitative estimate of drug-likeness (QED) is 0.229. The number of hydrogen-bond donors (Lipinski definition) is 2. The van der Waals surface area contributed by atoms with Gasteiger partial charge in [-0.25, -0.2) is 4.79 Å². The van der Waals surface area contributed by atoms with Crippen molar-refractivity contribution in [2.75, 3.05) is 53.0 Å². The van der Waals surface area contributed by atoms with Crippen molar-refractivity contribution in [2.24, 2.45) is 16.7 Å². The van der Waals surface area contributed by atoms with Crippen LogP contribution in [0.3, 0.4) is 0 Å². The number of nitrogens with zero attached hydrogens (tertiary/aromatic N) is 3. The van der Waals surface area contributed by atoms with Crippen LogP contribution in [0.15, 0.2) is 46.4 Å². The molecule has 2 saturated heterocycles. The van der Waals surface area contributed by atoms with E-state index in [4.69, 9.17) is 14.2 Å². The summed E-state index contributed by atoms with van der Waals surface area (Å²) < 4.78 is 17.4. The number of carbonyl (C=O) groups excluding carboxylic acids is 5. The van der Waals surface area contributed by atoms with E-state index in [0.29, 0.717) is 56.7 Å². The number of ether oxygens (including phenoxy) is 3. The van der Waals surface area contributed by atoms with Crippen molar-refractivity contribution in [3.8, 4) is 0 Å². The molecule has 2 N–H and O–H groups in total.